The monoisotopic (exact) mass is 527 g/mol. The average molecular weight is 528 g/mol. The fraction of sp³-hybridized carbons (Fsp3) is 0.357. The summed E-state index contributed by atoms with van der Waals surface area (Å²) in [4.78, 5) is 0. The number of hydrogen-bond donors (Lipinski definition) is 1. The Kier molecular flexibility index (Phi) is 7.60. The standard InChI is InChI=1S/C28H31BrFNO3/c1-18(2)33-26-23-15-22(31-16-19-8-6-5-7-9-19)12-13-25(23)34-28(3,4)27(26)32-17-20-10-11-21(29)14-24(20)30/h5-15,18,26-27,31H,16-17H2,1-4H3. The van der Waals surface area contributed by atoms with Crippen molar-refractivity contribution >= 4 is 21.6 Å². The lowest BCUT2D eigenvalue weighted by Gasteiger charge is -2.45. The van der Waals surface area contributed by atoms with Crippen LogP contribution in [0.4, 0.5) is 10.1 Å². The molecule has 0 amide bonds. The molecule has 0 radical (unpaired) electrons. The Morgan fingerprint density at radius 3 is 2.53 bits per heavy atom. The van der Waals surface area contributed by atoms with Crippen molar-refractivity contribution in [3.63, 3.8) is 0 Å². The summed E-state index contributed by atoms with van der Waals surface area (Å²) >= 11 is 3.30. The molecule has 1 N–H and O–H groups in total. The third kappa shape index (κ3) is 5.80. The van der Waals surface area contributed by atoms with Gasteiger partial charge in [-0.2, -0.15) is 0 Å². The summed E-state index contributed by atoms with van der Waals surface area (Å²) in [6, 6.07) is 21.3. The Morgan fingerprint density at radius 2 is 1.82 bits per heavy atom. The molecule has 4 nitrogen and oxygen atoms in total. The van der Waals surface area contributed by atoms with Gasteiger partial charge in [0, 0.05) is 27.8 Å². The molecule has 1 aliphatic rings. The maximum Gasteiger partial charge on any atom is 0.132 e. The van der Waals surface area contributed by atoms with E-state index in [2.05, 4.69) is 39.4 Å². The summed E-state index contributed by atoms with van der Waals surface area (Å²) in [5, 5.41) is 3.49. The molecule has 0 saturated carbocycles. The van der Waals surface area contributed by atoms with Crippen LogP contribution in [-0.2, 0) is 22.6 Å². The average Bonchev–Trinajstić information content (AvgIpc) is 2.78. The van der Waals surface area contributed by atoms with Gasteiger partial charge in [0.15, 0.2) is 0 Å². The molecule has 2 unspecified atom stereocenters. The van der Waals surface area contributed by atoms with Crippen LogP contribution in [0.3, 0.4) is 0 Å². The summed E-state index contributed by atoms with van der Waals surface area (Å²) in [5.74, 6) is 0.466. The van der Waals surface area contributed by atoms with Crippen molar-refractivity contribution < 1.29 is 18.6 Å². The molecular formula is C28H31BrFNO3. The van der Waals surface area contributed by atoms with Crippen molar-refractivity contribution in [2.45, 2.75) is 64.8 Å². The highest BCUT2D eigenvalue weighted by Gasteiger charge is 2.46. The Labute approximate surface area is 209 Å². The fourth-order valence-corrected chi connectivity index (χ4v) is 4.52. The first kappa shape index (κ1) is 24.7. The van der Waals surface area contributed by atoms with Crippen molar-refractivity contribution in [1.29, 1.82) is 0 Å². The van der Waals surface area contributed by atoms with E-state index in [9.17, 15) is 4.39 Å². The fourth-order valence-electron chi connectivity index (χ4n) is 4.19. The summed E-state index contributed by atoms with van der Waals surface area (Å²) < 4.78 is 34.2. The highest BCUT2D eigenvalue weighted by Crippen LogP contribution is 2.45. The van der Waals surface area contributed by atoms with Crippen LogP contribution in [0.15, 0.2) is 71.2 Å². The van der Waals surface area contributed by atoms with Crippen LogP contribution < -0.4 is 10.1 Å². The molecule has 1 aliphatic heterocycles. The minimum atomic E-state index is -0.669. The molecule has 6 heteroatoms. The lowest BCUT2D eigenvalue weighted by atomic mass is 9.87. The van der Waals surface area contributed by atoms with Gasteiger partial charge >= 0.3 is 0 Å². The summed E-state index contributed by atoms with van der Waals surface area (Å²) in [7, 11) is 0. The molecule has 4 rings (SSSR count). The van der Waals surface area contributed by atoms with Crippen LogP contribution in [0, 0.1) is 5.82 Å². The van der Waals surface area contributed by atoms with E-state index in [0.717, 1.165) is 17.0 Å². The van der Waals surface area contributed by atoms with Crippen molar-refractivity contribution in [3.05, 3.63) is 93.7 Å². The first-order valence-corrected chi connectivity index (χ1v) is 12.3. The second-order valence-electron chi connectivity index (χ2n) is 9.37. The SMILES string of the molecule is CC(C)OC1c2cc(NCc3ccccc3)ccc2OC(C)(C)C1OCc1ccc(Br)cc1F. The lowest BCUT2D eigenvalue weighted by Crippen LogP contribution is -2.51. The normalized spacial score (nSPS) is 18.9. The van der Waals surface area contributed by atoms with Gasteiger partial charge in [-0.1, -0.05) is 52.3 Å². The first-order chi connectivity index (χ1) is 16.2. The summed E-state index contributed by atoms with van der Waals surface area (Å²) in [6.45, 7) is 8.81. The van der Waals surface area contributed by atoms with Crippen molar-refractivity contribution in [3.8, 4) is 5.75 Å². The van der Waals surface area contributed by atoms with Crippen LogP contribution in [0.1, 0.15) is 50.5 Å². The smallest absolute Gasteiger partial charge is 0.132 e. The van der Waals surface area contributed by atoms with Gasteiger partial charge in [-0.05, 0) is 63.6 Å². The number of nitrogens with one attached hydrogen (secondary N) is 1. The van der Waals surface area contributed by atoms with Gasteiger partial charge in [0.05, 0.1) is 12.7 Å². The van der Waals surface area contributed by atoms with Crippen LogP contribution in [0.2, 0.25) is 0 Å². The lowest BCUT2D eigenvalue weighted by molar-refractivity contribution is -0.177. The maximum absolute atomic E-state index is 14.4. The molecule has 1 heterocycles. The van der Waals surface area contributed by atoms with E-state index < -0.39 is 11.7 Å². The van der Waals surface area contributed by atoms with Crippen LogP contribution in [-0.4, -0.2) is 17.8 Å². The molecule has 0 spiro atoms. The number of benzene rings is 3. The highest BCUT2D eigenvalue weighted by atomic mass is 79.9. The second kappa shape index (κ2) is 10.5. The highest BCUT2D eigenvalue weighted by molar-refractivity contribution is 9.10. The van der Waals surface area contributed by atoms with E-state index >= 15 is 0 Å². The molecular weight excluding hydrogens is 497 g/mol. The largest absolute Gasteiger partial charge is 0.485 e. The zero-order chi connectivity index (χ0) is 24.3. The van der Waals surface area contributed by atoms with E-state index in [1.54, 1.807) is 6.07 Å². The Morgan fingerprint density at radius 1 is 1.06 bits per heavy atom. The van der Waals surface area contributed by atoms with Crippen molar-refractivity contribution in [2.24, 2.45) is 0 Å². The minimum absolute atomic E-state index is 0.0248. The minimum Gasteiger partial charge on any atom is -0.485 e. The molecule has 2 atom stereocenters. The molecule has 3 aromatic carbocycles. The van der Waals surface area contributed by atoms with E-state index in [1.807, 2.05) is 64.1 Å². The van der Waals surface area contributed by atoms with Gasteiger partial charge in [0.25, 0.3) is 0 Å². The third-order valence-electron chi connectivity index (χ3n) is 5.84. The zero-order valence-electron chi connectivity index (χ0n) is 20.0. The predicted molar refractivity (Wildman–Crippen MR) is 137 cm³/mol. The third-order valence-corrected chi connectivity index (χ3v) is 6.33. The number of anilines is 1. The molecule has 0 fully saturated rings. The molecule has 34 heavy (non-hydrogen) atoms. The number of fused-ring (bicyclic) bond motifs is 1. The molecule has 180 valence electrons. The van der Waals surface area contributed by atoms with Crippen molar-refractivity contribution in [2.75, 3.05) is 5.32 Å². The van der Waals surface area contributed by atoms with E-state index in [1.165, 1.54) is 11.6 Å². The predicted octanol–water partition coefficient (Wildman–Crippen LogP) is 7.42. The van der Waals surface area contributed by atoms with E-state index in [-0.39, 0.29) is 24.6 Å². The van der Waals surface area contributed by atoms with Gasteiger partial charge in [-0.15, -0.1) is 0 Å². The molecule has 0 aromatic heterocycles. The van der Waals surface area contributed by atoms with Gasteiger partial charge in [-0.25, -0.2) is 4.39 Å². The summed E-state index contributed by atoms with van der Waals surface area (Å²) in [6.07, 6.45) is -0.825. The maximum atomic E-state index is 14.4. The quantitative estimate of drug-likeness (QED) is 0.330. The van der Waals surface area contributed by atoms with Crippen molar-refractivity contribution in [1.82, 2.24) is 0 Å². The second-order valence-corrected chi connectivity index (χ2v) is 10.3. The van der Waals surface area contributed by atoms with Crippen LogP contribution >= 0.6 is 15.9 Å². The zero-order valence-corrected chi connectivity index (χ0v) is 21.6. The topological polar surface area (TPSA) is 39.7 Å². The summed E-state index contributed by atoms with van der Waals surface area (Å²) in [5.41, 5.74) is 2.92. The van der Waals surface area contributed by atoms with Gasteiger partial charge < -0.3 is 19.5 Å². The van der Waals surface area contributed by atoms with E-state index in [0.29, 0.717) is 16.6 Å². The Balaban J connectivity index is 1.60. The van der Waals surface area contributed by atoms with Gasteiger partial charge in [0.2, 0.25) is 0 Å². The van der Waals surface area contributed by atoms with Gasteiger partial charge in [0.1, 0.15) is 29.4 Å². The van der Waals surface area contributed by atoms with E-state index in [4.69, 9.17) is 14.2 Å². The number of rotatable bonds is 8. The molecule has 0 bridgehead atoms. The number of halogens is 2. The van der Waals surface area contributed by atoms with Crippen LogP contribution in [0.5, 0.6) is 5.75 Å². The molecule has 0 aliphatic carbocycles. The number of hydrogen-bond acceptors (Lipinski definition) is 4. The number of ether oxygens (including phenoxy) is 3. The Hall–Kier alpha value is -2.41. The van der Waals surface area contributed by atoms with Crippen LogP contribution in [0.25, 0.3) is 0 Å². The molecule has 0 saturated heterocycles. The van der Waals surface area contributed by atoms with Gasteiger partial charge in [-0.3, -0.25) is 0 Å². The first-order valence-electron chi connectivity index (χ1n) is 11.5. The molecule has 3 aromatic rings. The Bertz CT molecular complexity index is 1120.